The molecule has 9 rings (SSSR count). The van der Waals surface area contributed by atoms with Crippen LogP contribution in [-0.4, -0.2) is 0 Å². The zero-order valence-electron chi connectivity index (χ0n) is 35.4. The van der Waals surface area contributed by atoms with Gasteiger partial charge in [0.25, 0.3) is 0 Å². The molecular weight excluding hydrogens is 488 g/mol. The van der Waals surface area contributed by atoms with E-state index in [1.807, 2.05) is 24.3 Å². The number of hydrogen-bond acceptors (Lipinski definition) is 2. The van der Waals surface area contributed by atoms with Gasteiger partial charge in [0.2, 0.25) is 0 Å². The van der Waals surface area contributed by atoms with Gasteiger partial charge in [0, 0.05) is 21.7 Å². The van der Waals surface area contributed by atoms with Crippen LogP contribution in [0.15, 0.2) is 142 Å². The van der Waals surface area contributed by atoms with E-state index in [9.17, 15) is 8.22 Å². The summed E-state index contributed by atoms with van der Waals surface area (Å²) >= 11 is 0. The number of hydrogen-bond donors (Lipinski definition) is 0. The Balaban J connectivity index is 1.57. The first-order valence-electron chi connectivity index (χ1n) is 19.9. The molecule has 40 heavy (non-hydrogen) atoms. The van der Waals surface area contributed by atoms with Crippen LogP contribution in [0.5, 0.6) is 0 Å². The van der Waals surface area contributed by atoms with Crippen LogP contribution < -0.4 is 0 Å². The van der Waals surface area contributed by atoms with Crippen LogP contribution in [0.2, 0.25) is 0 Å². The van der Waals surface area contributed by atoms with Crippen molar-refractivity contribution in [3.05, 3.63) is 133 Å². The Morgan fingerprint density at radius 3 is 1.93 bits per heavy atom. The molecule has 0 saturated carbocycles. The van der Waals surface area contributed by atoms with Crippen molar-refractivity contribution in [3.8, 4) is 22.5 Å². The second-order valence-corrected chi connectivity index (χ2v) is 9.32. The normalized spacial score (nSPS) is 17.2. The van der Waals surface area contributed by atoms with Crippen LogP contribution in [0.3, 0.4) is 0 Å². The molecular formula is C38H22O2. The van der Waals surface area contributed by atoms with E-state index in [1.54, 1.807) is 18.2 Å². The van der Waals surface area contributed by atoms with Gasteiger partial charge in [-0.3, -0.25) is 0 Å². The molecule has 7 aromatic carbocycles. The van der Waals surface area contributed by atoms with Crippen molar-refractivity contribution in [2.75, 3.05) is 0 Å². The summed E-state index contributed by atoms with van der Waals surface area (Å²) in [4.78, 5) is 0. The zero-order chi connectivity index (χ0) is 39.3. The van der Waals surface area contributed by atoms with Gasteiger partial charge in [-0.25, -0.2) is 0 Å². The molecule has 0 saturated heterocycles. The molecule has 0 aliphatic rings. The minimum Gasteiger partial charge on any atom is -0.452 e. The summed E-state index contributed by atoms with van der Waals surface area (Å²) in [6.45, 7) is 0. The highest BCUT2D eigenvalue weighted by Gasteiger charge is 2.20. The topological polar surface area (TPSA) is 26.3 Å². The first-order valence-corrected chi connectivity index (χ1v) is 12.4. The van der Waals surface area contributed by atoms with E-state index >= 15 is 0 Å². The summed E-state index contributed by atoms with van der Waals surface area (Å²) in [5.41, 5.74) is 0.174. The van der Waals surface area contributed by atoms with Gasteiger partial charge in [0.05, 0.1) is 20.6 Å². The largest absolute Gasteiger partial charge is 0.452 e. The maximum absolute atomic E-state index is 9.36. The lowest BCUT2D eigenvalue weighted by molar-refractivity contribution is 0.612. The van der Waals surface area contributed by atoms with Crippen LogP contribution in [0.1, 0.15) is 20.6 Å². The predicted octanol–water partition coefficient (Wildman–Crippen LogP) is 11.1. The van der Waals surface area contributed by atoms with Crippen LogP contribution in [-0.2, 0) is 0 Å². The van der Waals surface area contributed by atoms with Crippen molar-refractivity contribution in [2.24, 2.45) is 0 Å². The summed E-state index contributed by atoms with van der Waals surface area (Å²) in [6.07, 6.45) is 0. The molecule has 2 heterocycles. The van der Waals surface area contributed by atoms with Gasteiger partial charge < -0.3 is 8.83 Å². The lowest BCUT2D eigenvalue weighted by Gasteiger charge is -2.16. The monoisotopic (exact) mass is 525 g/mol. The molecule has 0 bridgehead atoms. The van der Waals surface area contributed by atoms with Crippen molar-refractivity contribution < 1.29 is 29.4 Å². The fraction of sp³-hybridized carbons (Fsp3) is 0. The van der Waals surface area contributed by atoms with Crippen LogP contribution >= 0.6 is 0 Å². The molecule has 0 aliphatic carbocycles. The third-order valence-corrected chi connectivity index (χ3v) is 7.15. The van der Waals surface area contributed by atoms with Crippen molar-refractivity contribution in [3.63, 3.8) is 0 Å². The van der Waals surface area contributed by atoms with E-state index in [0.29, 0.717) is 16.6 Å². The average molecular weight is 526 g/mol. The highest BCUT2D eigenvalue weighted by molar-refractivity contribution is 6.22. The van der Waals surface area contributed by atoms with Crippen LogP contribution in [0, 0.1) is 0 Å². The van der Waals surface area contributed by atoms with E-state index in [-0.39, 0.29) is 38.5 Å². The minimum atomic E-state index is -0.756. The summed E-state index contributed by atoms with van der Waals surface area (Å²) in [6, 6.07) is 2.13. The van der Waals surface area contributed by atoms with Crippen LogP contribution in [0.4, 0.5) is 0 Å². The second kappa shape index (κ2) is 8.08. The van der Waals surface area contributed by atoms with E-state index in [2.05, 4.69) is 0 Å². The Bertz CT molecular complexity index is 3190. The average Bonchev–Trinajstić information content (AvgIpc) is 3.78. The number of fused-ring (bicyclic) bond motifs is 8. The van der Waals surface area contributed by atoms with Crippen molar-refractivity contribution in [2.45, 2.75) is 0 Å². The highest BCUT2D eigenvalue weighted by atomic mass is 16.4. The van der Waals surface area contributed by atoms with Gasteiger partial charge in [0.15, 0.2) is 11.2 Å². The first-order chi connectivity index (χ1) is 26.1. The highest BCUT2D eigenvalue weighted by Crippen LogP contribution is 2.46. The summed E-state index contributed by atoms with van der Waals surface area (Å²) in [7, 11) is 0. The van der Waals surface area contributed by atoms with Crippen molar-refractivity contribution >= 4 is 65.2 Å². The summed E-state index contributed by atoms with van der Waals surface area (Å²) < 4.78 is 145. The smallest absolute Gasteiger partial charge is 0.178 e. The molecule has 2 aromatic heterocycles. The minimum absolute atomic E-state index is 0.0365. The summed E-state index contributed by atoms with van der Waals surface area (Å²) in [5.74, 6) is -0.0365. The number of benzene rings is 7. The van der Waals surface area contributed by atoms with Gasteiger partial charge in [-0.05, 0) is 67.7 Å². The zero-order valence-corrected chi connectivity index (χ0v) is 20.4. The first kappa shape index (κ1) is 11.8. The van der Waals surface area contributed by atoms with Gasteiger partial charge >= 0.3 is 0 Å². The Morgan fingerprint density at radius 1 is 0.475 bits per heavy atom. The Labute approximate surface area is 250 Å². The van der Waals surface area contributed by atoms with E-state index in [1.165, 1.54) is 0 Å². The molecule has 0 N–H and O–H groups in total. The standard InChI is InChI=1S/C38H22O2/c1-2-10-24-21-25(18-17-23(24)9-1)35-28-12-3-5-14-30(28)36(31-15-6-4-13-29(31)35)34-22-26-19-20-32-27-11-7-8-16-33(27)39-38(32)37(26)40-34/h1-22H/i1D,2D,3D,4D,5D,6D,9D,10D,12D,13D,14D,15D,17D,18D,21D. The molecule has 0 atom stereocenters. The van der Waals surface area contributed by atoms with Gasteiger partial charge in [0.1, 0.15) is 11.3 Å². The van der Waals surface area contributed by atoms with E-state index in [4.69, 9.17) is 21.2 Å². The Morgan fingerprint density at radius 2 is 1.15 bits per heavy atom. The fourth-order valence-corrected chi connectivity index (χ4v) is 5.43. The van der Waals surface area contributed by atoms with Crippen molar-refractivity contribution in [1.82, 2.24) is 0 Å². The number of furan rings is 2. The number of para-hydroxylation sites is 1. The predicted molar refractivity (Wildman–Crippen MR) is 167 cm³/mol. The van der Waals surface area contributed by atoms with E-state index in [0.717, 1.165) is 10.8 Å². The number of rotatable bonds is 2. The third kappa shape index (κ3) is 2.99. The van der Waals surface area contributed by atoms with E-state index < -0.39 is 113 Å². The van der Waals surface area contributed by atoms with Crippen LogP contribution in [0.25, 0.3) is 87.7 Å². The lowest BCUT2D eigenvalue weighted by atomic mass is 9.87. The molecule has 2 nitrogen and oxygen atoms in total. The fourth-order valence-electron chi connectivity index (χ4n) is 5.43. The third-order valence-electron chi connectivity index (χ3n) is 7.15. The molecule has 0 spiro atoms. The molecule has 9 aromatic rings. The molecule has 2 heteroatoms. The second-order valence-electron chi connectivity index (χ2n) is 9.32. The summed E-state index contributed by atoms with van der Waals surface area (Å²) in [5, 5.41) is -0.0460. The maximum Gasteiger partial charge on any atom is 0.178 e. The Kier molecular flexibility index (Phi) is 2.39. The Hall–Kier alpha value is -5.34. The van der Waals surface area contributed by atoms with Gasteiger partial charge in [-0.1, -0.05) is 109 Å². The van der Waals surface area contributed by atoms with Gasteiger partial charge in [-0.2, -0.15) is 0 Å². The molecule has 0 fully saturated rings. The van der Waals surface area contributed by atoms with Gasteiger partial charge in [-0.15, -0.1) is 0 Å². The molecule has 0 radical (unpaired) electrons. The molecule has 0 aliphatic heterocycles. The molecule has 186 valence electrons. The molecule has 0 unspecified atom stereocenters. The quantitative estimate of drug-likeness (QED) is 0.210. The van der Waals surface area contributed by atoms with Crippen molar-refractivity contribution in [1.29, 1.82) is 0 Å². The lowest BCUT2D eigenvalue weighted by Crippen LogP contribution is -1.90. The molecule has 0 amide bonds. The SMILES string of the molecule is [2H]c1c([2H])c([2H])c2c([2H])c(-c3c4c([2H])c([2H])c([2H])c([2H])c4c(-c4cc5ccc6c7ccccc7oc6c5o4)c4c([2H])c([2H])c([2H])c([2H])c34)c([2H])c([2H])c2c1[2H]. The maximum atomic E-state index is 9.36.